The van der Waals surface area contributed by atoms with E-state index in [1.165, 1.54) is 0 Å². The first-order valence-electron chi connectivity index (χ1n) is 9.70. The molecule has 0 aliphatic carbocycles. The van der Waals surface area contributed by atoms with Gasteiger partial charge in [-0.3, -0.25) is 14.5 Å². The number of carbonyl (C=O) groups is 2. The molecule has 1 aliphatic heterocycles. The number of carbonyl (C=O) groups excluding carboxylic acids is 2. The normalized spacial score (nSPS) is 17.5. The van der Waals surface area contributed by atoms with E-state index in [0.29, 0.717) is 5.69 Å². The molecule has 6 nitrogen and oxygen atoms in total. The van der Waals surface area contributed by atoms with E-state index in [0.717, 1.165) is 25.8 Å². The molecule has 1 aromatic heterocycles. The number of nitrogens with one attached hydrogen (secondary N) is 2. The van der Waals surface area contributed by atoms with E-state index < -0.39 is 5.54 Å². The summed E-state index contributed by atoms with van der Waals surface area (Å²) in [6.45, 7) is 5.91. The third-order valence-electron chi connectivity index (χ3n) is 5.61. The van der Waals surface area contributed by atoms with E-state index in [9.17, 15) is 9.59 Å². The molecule has 0 fully saturated rings. The minimum Gasteiger partial charge on any atom is -0.322 e. The van der Waals surface area contributed by atoms with Crippen LogP contribution in [0.15, 0.2) is 48.5 Å². The van der Waals surface area contributed by atoms with Gasteiger partial charge in [-0.2, -0.15) is 0 Å². The maximum atomic E-state index is 13.3. The highest BCUT2D eigenvalue weighted by atomic mass is 32.1. The molecule has 1 unspecified atom stereocenters. The first-order chi connectivity index (χ1) is 13.8. The molecule has 2 N–H and O–H groups in total. The van der Waals surface area contributed by atoms with Crippen molar-refractivity contribution in [1.29, 1.82) is 0 Å². The Balaban J connectivity index is 1.58. The van der Waals surface area contributed by atoms with E-state index in [4.69, 9.17) is 4.98 Å². The summed E-state index contributed by atoms with van der Waals surface area (Å²) >= 11 is 1.66. The molecule has 1 aliphatic rings. The van der Waals surface area contributed by atoms with Crippen LogP contribution < -0.4 is 15.1 Å². The number of rotatable bonds is 4. The van der Waals surface area contributed by atoms with Crippen LogP contribution in [0.5, 0.6) is 0 Å². The van der Waals surface area contributed by atoms with Gasteiger partial charge in [0.15, 0.2) is 11.6 Å². The zero-order chi connectivity index (χ0) is 20.8. The minimum absolute atomic E-state index is 0.0633. The van der Waals surface area contributed by atoms with Crippen molar-refractivity contribution in [3.8, 4) is 0 Å². The van der Waals surface area contributed by atoms with E-state index in [1.54, 1.807) is 30.1 Å². The third-order valence-corrected chi connectivity index (χ3v) is 6.83. The van der Waals surface area contributed by atoms with E-state index >= 15 is 0 Å². The molecule has 0 bridgehead atoms. The molecular weight excluding hydrogens is 384 g/mol. The summed E-state index contributed by atoms with van der Waals surface area (Å²) in [5.74, 6) is -0.260. The van der Waals surface area contributed by atoms with Crippen LogP contribution in [0, 0.1) is 0 Å². The van der Waals surface area contributed by atoms with Crippen molar-refractivity contribution in [3.63, 3.8) is 0 Å². The van der Waals surface area contributed by atoms with Gasteiger partial charge in [-0.05, 0) is 45.0 Å². The molecular formula is C22H25N4O2S+. The lowest BCUT2D eigenvalue weighted by molar-refractivity contribution is -0.902. The molecule has 0 radical (unpaired) electrons. The van der Waals surface area contributed by atoms with Crippen LogP contribution in [0.1, 0.15) is 31.8 Å². The Bertz CT molecular complexity index is 1060. The van der Waals surface area contributed by atoms with Crippen LogP contribution in [0.2, 0.25) is 0 Å². The van der Waals surface area contributed by atoms with Crippen molar-refractivity contribution in [1.82, 2.24) is 4.98 Å². The Morgan fingerprint density at radius 3 is 2.66 bits per heavy atom. The predicted octanol–water partition coefficient (Wildman–Crippen LogP) is 2.64. The zero-order valence-electron chi connectivity index (χ0n) is 17.0. The number of fused-ring (bicyclic) bond motifs is 2. The highest BCUT2D eigenvalue weighted by Crippen LogP contribution is 2.36. The molecule has 2 atom stereocenters. The molecule has 3 aromatic rings. The summed E-state index contributed by atoms with van der Waals surface area (Å²) in [5.41, 5.74) is 1.44. The van der Waals surface area contributed by atoms with Crippen LogP contribution in [0.25, 0.3) is 10.2 Å². The number of para-hydroxylation sites is 3. The van der Waals surface area contributed by atoms with E-state index in [-0.39, 0.29) is 24.4 Å². The molecule has 7 heteroatoms. The van der Waals surface area contributed by atoms with Crippen LogP contribution in [0.4, 0.5) is 11.4 Å². The Kier molecular flexibility index (Phi) is 4.88. The number of aromatic nitrogens is 1. The van der Waals surface area contributed by atoms with Gasteiger partial charge >= 0.3 is 0 Å². The number of amides is 2. The maximum Gasteiger partial charge on any atom is 0.283 e. The summed E-state index contributed by atoms with van der Waals surface area (Å²) in [5, 5.41) is 3.91. The van der Waals surface area contributed by atoms with Crippen molar-refractivity contribution in [2.45, 2.75) is 32.4 Å². The molecule has 2 aromatic carbocycles. The van der Waals surface area contributed by atoms with Crippen molar-refractivity contribution < 1.29 is 14.5 Å². The average molecular weight is 410 g/mol. The highest BCUT2D eigenvalue weighted by molar-refractivity contribution is 7.18. The minimum atomic E-state index is -0.954. The van der Waals surface area contributed by atoms with Crippen LogP contribution in [-0.2, 0) is 9.59 Å². The van der Waals surface area contributed by atoms with Gasteiger partial charge in [0, 0.05) is 0 Å². The fraction of sp³-hybridized carbons (Fsp3) is 0.318. The molecule has 4 rings (SSSR count). The van der Waals surface area contributed by atoms with Gasteiger partial charge in [-0.15, -0.1) is 11.3 Å². The SMILES string of the molecule is C[C@H](c1nc2ccccc2s1)[NH+](C)CC(=O)N1c2ccccc2NC(=O)C1(C)C. The fourth-order valence-corrected chi connectivity index (χ4v) is 4.77. The lowest BCUT2D eigenvalue weighted by atomic mass is 9.96. The van der Waals surface area contributed by atoms with Crippen molar-refractivity contribution in [2.75, 3.05) is 23.8 Å². The lowest BCUT2D eigenvalue weighted by Crippen LogP contribution is -3.10. The summed E-state index contributed by atoms with van der Waals surface area (Å²) in [4.78, 5) is 33.4. The van der Waals surface area contributed by atoms with E-state index in [2.05, 4.69) is 18.3 Å². The molecule has 2 amide bonds. The van der Waals surface area contributed by atoms with Gasteiger partial charge < -0.3 is 10.2 Å². The molecule has 0 spiro atoms. The summed E-state index contributed by atoms with van der Waals surface area (Å²) in [7, 11) is 2.00. The first kappa shape index (κ1) is 19.5. The number of hydrogen-bond donors (Lipinski definition) is 2. The number of nitrogens with zero attached hydrogens (tertiary/aromatic N) is 2. The van der Waals surface area contributed by atoms with Gasteiger partial charge in [-0.1, -0.05) is 24.3 Å². The fourth-order valence-electron chi connectivity index (χ4n) is 3.66. The average Bonchev–Trinajstić information content (AvgIpc) is 3.12. The number of quaternary nitrogens is 1. The zero-order valence-corrected chi connectivity index (χ0v) is 17.8. The monoisotopic (exact) mass is 409 g/mol. The molecule has 0 saturated carbocycles. The molecule has 0 saturated heterocycles. The standard InChI is InChI=1S/C22H24N4O2S/c1-14(20-23-16-10-6-8-12-18(16)29-20)25(4)13-19(27)26-17-11-7-5-9-15(17)24-21(28)22(26,2)3/h5-12,14H,13H2,1-4H3,(H,24,28)/p+1/t14-/m1/s1. The Morgan fingerprint density at radius 2 is 1.90 bits per heavy atom. The topological polar surface area (TPSA) is 66.7 Å². The van der Waals surface area contributed by atoms with Crippen molar-refractivity contribution in [2.24, 2.45) is 0 Å². The Labute approximate surface area is 174 Å². The lowest BCUT2D eigenvalue weighted by Gasteiger charge is -2.42. The van der Waals surface area contributed by atoms with Crippen LogP contribution in [-0.4, -0.2) is 35.9 Å². The third kappa shape index (κ3) is 3.41. The second kappa shape index (κ2) is 7.24. The van der Waals surface area contributed by atoms with Crippen molar-refractivity contribution in [3.05, 3.63) is 53.5 Å². The van der Waals surface area contributed by atoms with Crippen LogP contribution in [0.3, 0.4) is 0 Å². The number of thiazole rings is 1. The van der Waals surface area contributed by atoms with E-state index in [1.807, 2.05) is 49.5 Å². The van der Waals surface area contributed by atoms with Gasteiger partial charge in [0.2, 0.25) is 5.91 Å². The van der Waals surface area contributed by atoms with Gasteiger partial charge in [0.1, 0.15) is 11.6 Å². The number of benzene rings is 2. The second-order valence-electron chi connectivity index (χ2n) is 8.02. The molecule has 2 heterocycles. The first-order valence-corrected chi connectivity index (χ1v) is 10.5. The van der Waals surface area contributed by atoms with Gasteiger partial charge in [0.25, 0.3) is 5.91 Å². The molecule has 150 valence electrons. The Hall–Kier alpha value is -2.77. The predicted molar refractivity (Wildman–Crippen MR) is 116 cm³/mol. The Morgan fingerprint density at radius 1 is 1.21 bits per heavy atom. The van der Waals surface area contributed by atoms with Crippen molar-refractivity contribution >= 4 is 44.7 Å². The smallest absolute Gasteiger partial charge is 0.283 e. The maximum absolute atomic E-state index is 13.3. The second-order valence-corrected chi connectivity index (χ2v) is 9.09. The summed E-state index contributed by atoms with van der Waals surface area (Å²) in [6.07, 6.45) is 0. The summed E-state index contributed by atoms with van der Waals surface area (Å²) in [6, 6.07) is 15.6. The number of likely N-dealkylation sites (N-methyl/N-ethyl adjacent to an activating group) is 1. The van der Waals surface area contributed by atoms with Gasteiger partial charge in [0.05, 0.1) is 28.6 Å². The number of anilines is 2. The van der Waals surface area contributed by atoms with Gasteiger partial charge in [-0.25, -0.2) is 4.98 Å². The number of hydrogen-bond acceptors (Lipinski definition) is 4. The van der Waals surface area contributed by atoms with Crippen LogP contribution >= 0.6 is 11.3 Å². The highest BCUT2D eigenvalue weighted by Gasteiger charge is 2.44. The summed E-state index contributed by atoms with van der Waals surface area (Å²) < 4.78 is 1.15. The molecule has 29 heavy (non-hydrogen) atoms. The largest absolute Gasteiger partial charge is 0.322 e. The quantitative estimate of drug-likeness (QED) is 0.696.